The van der Waals surface area contributed by atoms with E-state index in [1.54, 1.807) is 40.0 Å². The Balaban J connectivity index is 1.94. The zero-order valence-corrected chi connectivity index (χ0v) is 19.7. The largest absolute Gasteiger partial charge is 0.461 e. The molecule has 178 valence electrons. The summed E-state index contributed by atoms with van der Waals surface area (Å²) < 4.78 is 18.9. The van der Waals surface area contributed by atoms with Gasteiger partial charge < -0.3 is 14.6 Å². The quantitative estimate of drug-likeness (QED) is 0.376. The third-order valence-corrected chi connectivity index (χ3v) is 5.68. The van der Waals surface area contributed by atoms with Crippen LogP contribution in [-0.2, 0) is 11.2 Å². The summed E-state index contributed by atoms with van der Waals surface area (Å²) in [6.45, 7) is 7.11. The van der Waals surface area contributed by atoms with Crippen LogP contribution in [-0.4, -0.2) is 51.7 Å². The molecule has 1 N–H and O–H groups in total. The van der Waals surface area contributed by atoms with E-state index >= 15 is 0 Å². The minimum atomic E-state index is -0.872. The number of ketones is 1. The van der Waals surface area contributed by atoms with E-state index in [0.717, 1.165) is 11.8 Å². The van der Waals surface area contributed by atoms with E-state index in [-0.39, 0.29) is 30.2 Å². The van der Waals surface area contributed by atoms with Crippen LogP contribution in [0.4, 0.5) is 4.39 Å². The van der Waals surface area contributed by atoms with Gasteiger partial charge in [-0.1, -0.05) is 12.1 Å². The molecule has 1 amide bonds. The van der Waals surface area contributed by atoms with Crippen LogP contribution in [0, 0.1) is 19.7 Å². The van der Waals surface area contributed by atoms with E-state index < -0.39 is 23.7 Å². The average molecular weight is 466 g/mol. The number of aromatic nitrogens is 2. The normalized spacial score (nSPS) is 11.7. The van der Waals surface area contributed by atoms with E-state index in [1.165, 1.54) is 23.1 Å². The molecule has 0 aliphatic rings. The monoisotopic (exact) mass is 465 g/mol. The zero-order chi connectivity index (χ0) is 24.8. The summed E-state index contributed by atoms with van der Waals surface area (Å²) in [5, 5.41) is 0. The fraction of sp³-hybridized carbons (Fsp3) is 0.308. The Kier molecular flexibility index (Phi) is 7.94. The molecule has 3 aromatic rings. The van der Waals surface area contributed by atoms with Crippen LogP contribution >= 0.6 is 0 Å². The Labute approximate surface area is 198 Å². The third-order valence-electron chi connectivity index (χ3n) is 5.68. The second-order valence-corrected chi connectivity index (χ2v) is 7.97. The topological polar surface area (TPSA) is 92.4 Å². The van der Waals surface area contributed by atoms with Crippen molar-refractivity contribution in [3.8, 4) is 0 Å². The molecule has 1 aromatic carbocycles. The number of nitrogens with one attached hydrogen (secondary N) is 1. The fourth-order valence-corrected chi connectivity index (χ4v) is 3.92. The van der Waals surface area contributed by atoms with E-state index in [1.807, 2.05) is 12.1 Å². The minimum absolute atomic E-state index is 0.149. The lowest BCUT2D eigenvalue weighted by Gasteiger charge is -2.29. The molecule has 0 bridgehead atoms. The predicted molar refractivity (Wildman–Crippen MR) is 125 cm³/mol. The summed E-state index contributed by atoms with van der Waals surface area (Å²) in [5.41, 5.74) is 2.45. The van der Waals surface area contributed by atoms with Gasteiger partial charge in [-0.3, -0.25) is 14.6 Å². The van der Waals surface area contributed by atoms with Gasteiger partial charge in [0.1, 0.15) is 11.5 Å². The molecule has 0 saturated carbocycles. The smallest absolute Gasteiger partial charge is 0.355 e. The van der Waals surface area contributed by atoms with Crippen molar-refractivity contribution < 1.29 is 23.5 Å². The molecular weight excluding hydrogens is 437 g/mol. The Morgan fingerprint density at radius 3 is 2.56 bits per heavy atom. The molecule has 2 heterocycles. The van der Waals surface area contributed by atoms with Gasteiger partial charge in [0.15, 0.2) is 5.78 Å². The Bertz CT molecular complexity index is 1190. The standard InChI is InChI=1S/C26H28FN3O4/c1-5-34-26(33)23-16(2)22(17(3)29-23)24(31)18(4)30(14-12-21-11-6-7-13-28-21)25(32)19-9-8-10-20(27)15-19/h6-11,13,15,18,29H,5,12,14H2,1-4H3. The first-order valence-electron chi connectivity index (χ1n) is 11.1. The molecule has 8 heteroatoms. The lowest BCUT2D eigenvalue weighted by molar-refractivity contribution is 0.0519. The molecule has 1 unspecified atom stereocenters. The number of esters is 1. The first-order valence-corrected chi connectivity index (χ1v) is 11.1. The number of aromatic amines is 1. The number of halogens is 1. The maximum atomic E-state index is 13.8. The van der Waals surface area contributed by atoms with Crippen molar-refractivity contribution in [3.05, 3.63) is 88.3 Å². The molecule has 1 atom stereocenters. The Morgan fingerprint density at radius 2 is 1.91 bits per heavy atom. The van der Waals surface area contributed by atoms with Crippen molar-refractivity contribution >= 4 is 17.7 Å². The molecule has 0 saturated heterocycles. The lowest BCUT2D eigenvalue weighted by Crippen LogP contribution is -2.44. The van der Waals surface area contributed by atoms with Gasteiger partial charge >= 0.3 is 5.97 Å². The molecule has 34 heavy (non-hydrogen) atoms. The Hall–Kier alpha value is -3.81. The molecule has 0 spiro atoms. The molecule has 0 fully saturated rings. The number of amides is 1. The van der Waals surface area contributed by atoms with Crippen molar-refractivity contribution in [2.24, 2.45) is 0 Å². The van der Waals surface area contributed by atoms with Crippen LogP contribution in [0.15, 0.2) is 48.7 Å². The predicted octanol–water partition coefficient (Wildman–Crippen LogP) is 4.30. The first kappa shape index (κ1) is 24.8. The highest BCUT2D eigenvalue weighted by Crippen LogP contribution is 2.23. The second-order valence-electron chi connectivity index (χ2n) is 7.97. The van der Waals surface area contributed by atoms with Gasteiger partial charge in [-0.25, -0.2) is 9.18 Å². The first-order chi connectivity index (χ1) is 16.2. The zero-order valence-electron chi connectivity index (χ0n) is 19.7. The number of H-pyrrole nitrogens is 1. The van der Waals surface area contributed by atoms with Gasteiger partial charge in [0, 0.05) is 41.7 Å². The number of ether oxygens (including phenoxy) is 1. The van der Waals surface area contributed by atoms with Crippen LogP contribution in [0.1, 0.15) is 62.0 Å². The highest BCUT2D eigenvalue weighted by Gasteiger charge is 2.31. The van der Waals surface area contributed by atoms with Crippen molar-refractivity contribution in [1.82, 2.24) is 14.9 Å². The maximum Gasteiger partial charge on any atom is 0.355 e. The van der Waals surface area contributed by atoms with Crippen LogP contribution in [0.25, 0.3) is 0 Å². The van der Waals surface area contributed by atoms with Crippen molar-refractivity contribution in [1.29, 1.82) is 0 Å². The number of benzene rings is 1. The van der Waals surface area contributed by atoms with Crippen molar-refractivity contribution in [2.45, 2.75) is 40.2 Å². The Morgan fingerprint density at radius 1 is 1.15 bits per heavy atom. The van der Waals surface area contributed by atoms with Crippen LogP contribution < -0.4 is 0 Å². The van der Waals surface area contributed by atoms with Crippen molar-refractivity contribution in [2.75, 3.05) is 13.2 Å². The number of pyridine rings is 1. The number of Topliss-reactive ketones (excluding diaryl/α,β-unsaturated/α-hetero) is 1. The second kappa shape index (κ2) is 10.9. The lowest BCUT2D eigenvalue weighted by atomic mass is 9.99. The highest BCUT2D eigenvalue weighted by molar-refractivity contribution is 6.07. The van der Waals surface area contributed by atoms with Crippen LogP contribution in [0.5, 0.6) is 0 Å². The summed E-state index contributed by atoms with van der Waals surface area (Å²) in [6.07, 6.45) is 2.07. The van der Waals surface area contributed by atoms with Gasteiger partial charge in [0.2, 0.25) is 0 Å². The molecule has 3 rings (SSSR count). The number of hydrogen-bond donors (Lipinski definition) is 1. The average Bonchev–Trinajstić information content (AvgIpc) is 3.13. The molecular formula is C26H28FN3O4. The van der Waals surface area contributed by atoms with E-state index in [4.69, 9.17) is 4.74 Å². The van der Waals surface area contributed by atoms with Gasteiger partial charge in [0.25, 0.3) is 5.91 Å². The summed E-state index contributed by atoms with van der Waals surface area (Å²) in [6, 6.07) is 9.99. The highest BCUT2D eigenvalue weighted by atomic mass is 19.1. The van der Waals surface area contributed by atoms with Crippen LogP contribution in [0.3, 0.4) is 0 Å². The number of aryl methyl sites for hydroxylation is 1. The molecule has 0 radical (unpaired) electrons. The number of hydrogen-bond acceptors (Lipinski definition) is 5. The van der Waals surface area contributed by atoms with E-state index in [0.29, 0.717) is 23.2 Å². The molecule has 0 aliphatic carbocycles. The maximum absolute atomic E-state index is 13.8. The van der Waals surface area contributed by atoms with Gasteiger partial charge in [-0.15, -0.1) is 0 Å². The van der Waals surface area contributed by atoms with Gasteiger partial charge in [-0.2, -0.15) is 0 Å². The van der Waals surface area contributed by atoms with Gasteiger partial charge in [0.05, 0.1) is 12.6 Å². The van der Waals surface area contributed by atoms with E-state index in [9.17, 15) is 18.8 Å². The SMILES string of the molecule is CCOC(=O)c1[nH]c(C)c(C(=O)C(C)N(CCc2ccccn2)C(=O)c2cccc(F)c2)c1C. The summed E-state index contributed by atoms with van der Waals surface area (Å²) >= 11 is 0. The minimum Gasteiger partial charge on any atom is -0.461 e. The van der Waals surface area contributed by atoms with E-state index in [2.05, 4.69) is 9.97 Å². The molecule has 0 aliphatic heterocycles. The fourth-order valence-electron chi connectivity index (χ4n) is 3.92. The number of carbonyl (C=O) groups excluding carboxylic acids is 3. The van der Waals surface area contributed by atoms with Crippen molar-refractivity contribution in [3.63, 3.8) is 0 Å². The van der Waals surface area contributed by atoms with Gasteiger partial charge in [-0.05, 0) is 63.6 Å². The number of nitrogens with zero attached hydrogens (tertiary/aromatic N) is 2. The summed E-state index contributed by atoms with van der Waals surface area (Å²) in [5.74, 6) is -1.87. The molecule has 7 nitrogen and oxygen atoms in total. The number of rotatable bonds is 9. The summed E-state index contributed by atoms with van der Waals surface area (Å²) in [7, 11) is 0. The molecule has 2 aromatic heterocycles. The summed E-state index contributed by atoms with van der Waals surface area (Å²) in [4.78, 5) is 47.9. The number of carbonyl (C=O) groups is 3. The van der Waals surface area contributed by atoms with Crippen LogP contribution in [0.2, 0.25) is 0 Å². The third kappa shape index (κ3) is 5.39.